The van der Waals surface area contributed by atoms with Crippen molar-refractivity contribution in [1.82, 2.24) is 9.97 Å². The van der Waals surface area contributed by atoms with Gasteiger partial charge < -0.3 is 9.84 Å². The summed E-state index contributed by atoms with van der Waals surface area (Å²) in [5.74, 6) is 0.0838. The number of methoxy groups -OCH3 is 1. The van der Waals surface area contributed by atoms with Crippen LogP contribution in [-0.4, -0.2) is 43.0 Å². The van der Waals surface area contributed by atoms with Gasteiger partial charge in [0.2, 0.25) is 21.9 Å². The second kappa shape index (κ2) is 5.78. The van der Waals surface area contributed by atoms with E-state index >= 15 is 0 Å². The number of anilines is 1. The van der Waals surface area contributed by atoms with E-state index < -0.39 is 10.0 Å². The van der Waals surface area contributed by atoms with Gasteiger partial charge in [-0.05, 0) is 13.3 Å². The molecule has 1 aromatic rings. The summed E-state index contributed by atoms with van der Waals surface area (Å²) in [6, 6.07) is 1.59. The fourth-order valence-corrected chi connectivity index (χ4v) is 2.12. The molecule has 0 unspecified atom stereocenters. The number of aromatic nitrogens is 2. The lowest BCUT2D eigenvalue weighted by Gasteiger charge is -2.07. The van der Waals surface area contributed by atoms with Gasteiger partial charge in [0.1, 0.15) is 0 Å². The van der Waals surface area contributed by atoms with E-state index in [4.69, 9.17) is 9.84 Å². The molecule has 0 aliphatic heterocycles. The first-order valence-corrected chi connectivity index (χ1v) is 6.63. The van der Waals surface area contributed by atoms with Crippen molar-refractivity contribution < 1.29 is 18.3 Å². The first-order chi connectivity index (χ1) is 7.96. The number of aryl methyl sites for hydroxylation is 1. The topological polar surface area (TPSA) is 101 Å². The summed E-state index contributed by atoms with van der Waals surface area (Å²) in [5.41, 5.74) is 0.594. The normalized spacial score (nSPS) is 11.2. The number of aliphatic hydroxyl groups excluding tert-OH is 1. The Morgan fingerprint density at radius 1 is 1.47 bits per heavy atom. The van der Waals surface area contributed by atoms with E-state index in [1.54, 1.807) is 13.0 Å². The van der Waals surface area contributed by atoms with E-state index in [1.165, 1.54) is 7.11 Å². The van der Waals surface area contributed by atoms with Crippen molar-refractivity contribution in [3.63, 3.8) is 0 Å². The summed E-state index contributed by atoms with van der Waals surface area (Å²) >= 11 is 0. The zero-order chi connectivity index (χ0) is 12.9. The number of hydrogen-bond donors (Lipinski definition) is 2. The molecule has 0 saturated heterocycles. The van der Waals surface area contributed by atoms with Crippen molar-refractivity contribution in [2.45, 2.75) is 13.3 Å². The summed E-state index contributed by atoms with van der Waals surface area (Å²) < 4.78 is 30.2. The van der Waals surface area contributed by atoms with Gasteiger partial charge in [-0.3, -0.25) is 4.72 Å². The number of ether oxygens (including phenoxy) is 1. The van der Waals surface area contributed by atoms with Crippen LogP contribution in [0.4, 0.5) is 5.95 Å². The molecule has 1 heterocycles. The van der Waals surface area contributed by atoms with Crippen LogP contribution in [-0.2, 0) is 10.0 Å². The van der Waals surface area contributed by atoms with E-state index in [1.807, 2.05) is 0 Å². The second-order valence-electron chi connectivity index (χ2n) is 3.37. The molecule has 0 aromatic carbocycles. The van der Waals surface area contributed by atoms with Gasteiger partial charge in [0.15, 0.2) is 0 Å². The Balaban J connectivity index is 2.84. The molecule has 0 aliphatic rings. The lowest BCUT2D eigenvalue weighted by atomic mass is 10.4. The Kier molecular flexibility index (Phi) is 4.64. The maximum Gasteiger partial charge on any atom is 0.240 e. The molecule has 0 spiro atoms. The van der Waals surface area contributed by atoms with Gasteiger partial charge in [0, 0.05) is 18.4 Å². The molecule has 0 fully saturated rings. The summed E-state index contributed by atoms with van der Waals surface area (Å²) in [4.78, 5) is 7.79. The smallest absolute Gasteiger partial charge is 0.240 e. The van der Waals surface area contributed by atoms with Crippen LogP contribution >= 0.6 is 0 Å². The van der Waals surface area contributed by atoms with E-state index in [0.29, 0.717) is 5.69 Å². The predicted octanol–water partition coefficient (Wildman–Crippen LogP) is -0.0823. The van der Waals surface area contributed by atoms with Gasteiger partial charge in [-0.2, -0.15) is 4.98 Å². The van der Waals surface area contributed by atoms with Crippen LogP contribution in [0.15, 0.2) is 6.07 Å². The molecule has 0 amide bonds. The third-order valence-electron chi connectivity index (χ3n) is 1.86. The van der Waals surface area contributed by atoms with Crippen molar-refractivity contribution in [3.8, 4) is 5.88 Å². The minimum Gasteiger partial charge on any atom is -0.481 e. The summed E-state index contributed by atoms with van der Waals surface area (Å²) in [5, 5.41) is 8.58. The molecule has 0 bridgehead atoms. The number of nitrogens with zero attached hydrogens (tertiary/aromatic N) is 2. The number of aliphatic hydroxyl groups is 1. The lowest BCUT2D eigenvalue weighted by Crippen LogP contribution is -2.19. The molecule has 2 N–H and O–H groups in total. The van der Waals surface area contributed by atoms with Crippen LogP contribution in [0.5, 0.6) is 5.88 Å². The number of sulfonamides is 1. The van der Waals surface area contributed by atoms with E-state index in [0.717, 1.165) is 0 Å². The van der Waals surface area contributed by atoms with Crippen molar-refractivity contribution in [3.05, 3.63) is 11.8 Å². The molecule has 1 rings (SSSR count). The number of nitrogens with one attached hydrogen (secondary N) is 1. The third kappa shape index (κ3) is 4.53. The Morgan fingerprint density at radius 3 is 2.76 bits per heavy atom. The van der Waals surface area contributed by atoms with Crippen molar-refractivity contribution in [1.29, 1.82) is 0 Å². The first-order valence-electron chi connectivity index (χ1n) is 4.98. The van der Waals surface area contributed by atoms with Crippen LogP contribution in [0.2, 0.25) is 0 Å². The van der Waals surface area contributed by atoms with E-state index in [9.17, 15) is 8.42 Å². The fraction of sp³-hybridized carbons (Fsp3) is 0.556. The Labute approximate surface area is 99.9 Å². The second-order valence-corrected chi connectivity index (χ2v) is 5.22. The molecule has 0 aliphatic carbocycles. The number of rotatable bonds is 6. The summed E-state index contributed by atoms with van der Waals surface area (Å²) in [6.07, 6.45) is 0.165. The first kappa shape index (κ1) is 13.7. The molecule has 7 nitrogen and oxygen atoms in total. The SMILES string of the molecule is COc1cc(C)nc(NS(=O)(=O)CCCO)n1. The van der Waals surface area contributed by atoms with Crippen LogP contribution in [0.3, 0.4) is 0 Å². The average molecular weight is 261 g/mol. The fourth-order valence-electron chi connectivity index (χ4n) is 1.13. The number of hydrogen-bond acceptors (Lipinski definition) is 6. The monoisotopic (exact) mass is 261 g/mol. The molecule has 17 heavy (non-hydrogen) atoms. The van der Waals surface area contributed by atoms with Crippen molar-refractivity contribution >= 4 is 16.0 Å². The molecule has 1 aromatic heterocycles. The standard InChI is InChI=1S/C9H15N3O4S/c1-7-6-8(16-2)11-9(10-7)12-17(14,15)5-3-4-13/h6,13H,3-5H2,1-2H3,(H,10,11,12). The molecular formula is C9H15N3O4S. The molecular weight excluding hydrogens is 246 g/mol. The van der Waals surface area contributed by atoms with Gasteiger partial charge in [0.25, 0.3) is 0 Å². The highest BCUT2D eigenvalue weighted by atomic mass is 32.2. The molecule has 96 valence electrons. The van der Waals surface area contributed by atoms with E-state index in [2.05, 4.69) is 14.7 Å². The van der Waals surface area contributed by atoms with Gasteiger partial charge in [-0.25, -0.2) is 13.4 Å². The van der Waals surface area contributed by atoms with Crippen molar-refractivity contribution in [2.24, 2.45) is 0 Å². The Bertz CT molecular complexity index is 475. The molecule has 0 atom stereocenters. The molecule has 0 saturated carbocycles. The molecule has 8 heteroatoms. The minimum absolute atomic E-state index is 0.0280. The zero-order valence-electron chi connectivity index (χ0n) is 9.67. The van der Waals surface area contributed by atoms with Crippen LogP contribution < -0.4 is 9.46 Å². The van der Waals surface area contributed by atoms with Crippen LogP contribution in [0.25, 0.3) is 0 Å². The largest absolute Gasteiger partial charge is 0.481 e. The van der Waals surface area contributed by atoms with E-state index in [-0.39, 0.29) is 30.6 Å². The Hall–Kier alpha value is -1.41. The summed E-state index contributed by atoms with van der Waals surface area (Å²) in [6.45, 7) is 1.52. The van der Waals surface area contributed by atoms with Crippen LogP contribution in [0.1, 0.15) is 12.1 Å². The summed E-state index contributed by atoms with van der Waals surface area (Å²) in [7, 11) is -2.09. The maximum absolute atomic E-state index is 11.5. The minimum atomic E-state index is -3.53. The van der Waals surface area contributed by atoms with Crippen molar-refractivity contribution in [2.75, 3.05) is 24.2 Å². The van der Waals surface area contributed by atoms with Gasteiger partial charge in [0.05, 0.1) is 12.9 Å². The molecule has 0 radical (unpaired) electrons. The highest BCUT2D eigenvalue weighted by molar-refractivity contribution is 7.92. The predicted molar refractivity (Wildman–Crippen MR) is 62.4 cm³/mol. The maximum atomic E-state index is 11.5. The Morgan fingerprint density at radius 2 is 2.18 bits per heavy atom. The third-order valence-corrected chi connectivity index (χ3v) is 3.18. The lowest BCUT2D eigenvalue weighted by molar-refractivity contribution is 0.295. The zero-order valence-corrected chi connectivity index (χ0v) is 10.5. The quantitative estimate of drug-likeness (QED) is 0.742. The van der Waals surface area contributed by atoms with Crippen LogP contribution in [0, 0.1) is 6.92 Å². The van der Waals surface area contributed by atoms with Gasteiger partial charge >= 0.3 is 0 Å². The highest BCUT2D eigenvalue weighted by Gasteiger charge is 2.12. The van der Waals surface area contributed by atoms with Gasteiger partial charge in [-0.15, -0.1) is 0 Å². The highest BCUT2D eigenvalue weighted by Crippen LogP contribution is 2.12. The average Bonchev–Trinajstić information content (AvgIpc) is 2.25. The van der Waals surface area contributed by atoms with Gasteiger partial charge in [-0.1, -0.05) is 0 Å².